The first-order chi connectivity index (χ1) is 16.6. The Morgan fingerprint density at radius 2 is 1.77 bits per heavy atom. The molecule has 4 aromatic rings. The molecule has 1 amide bonds. The van der Waals surface area contributed by atoms with Gasteiger partial charge in [-0.05, 0) is 35.9 Å². The van der Waals surface area contributed by atoms with Crippen molar-refractivity contribution in [2.24, 2.45) is 5.73 Å². The molecule has 180 valence electrons. The third-order valence-electron chi connectivity index (χ3n) is 5.26. The lowest BCUT2D eigenvalue weighted by molar-refractivity contribution is 0.0937. The summed E-state index contributed by atoms with van der Waals surface area (Å²) in [5.74, 6) is -2.10. The van der Waals surface area contributed by atoms with E-state index in [1.807, 2.05) is 0 Å². The lowest BCUT2D eigenvalue weighted by atomic mass is 10.2. The molecule has 0 aliphatic carbocycles. The van der Waals surface area contributed by atoms with E-state index < -0.39 is 34.8 Å². The van der Waals surface area contributed by atoms with Gasteiger partial charge in [0.1, 0.15) is 29.0 Å². The molecule has 0 aliphatic rings. The molecule has 2 N–H and O–H groups in total. The number of aromatic nitrogens is 3. The van der Waals surface area contributed by atoms with E-state index in [0.29, 0.717) is 10.1 Å². The van der Waals surface area contributed by atoms with Crippen LogP contribution in [0.2, 0.25) is 5.02 Å². The molecule has 12 heteroatoms. The number of carbonyl (C=O) groups excluding carboxylic acids is 2. The van der Waals surface area contributed by atoms with Crippen molar-refractivity contribution in [1.29, 1.82) is 0 Å². The molecule has 0 aliphatic heterocycles. The quantitative estimate of drug-likeness (QED) is 0.450. The molecule has 0 saturated heterocycles. The van der Waals surface area contributed by atoms with Gasteiger partial charge in [-0.1, -0.05) is 17.7 Å². The van der Waals surface area contributed by atoms with Gasteiger partial charge in [0.25, 0.3) is 5.56 Å². The fourth-order valence-corrected chi connectivity index (χ4v) is 3.84. The Labute approximate surface area is 200 Å². The van der Waals surface area contributed by atoms with Crippen molar-refractivity contribution in [1.82, 2.24) is 13.7 Å². The summed E-state index contributed by atoms with van der Waals surface area (Å²) in [6, 6.07) is 7.89. The molecule has 0 bridgehead atoms. The topological polar surface area (TPSA) is 118 Å². The van der Waals surface area contributed by atoms with E-state index in [0.717, 1.165) is 16.7 Å². The first kappa shape index (κ1) is 23.9. The summed E-state index contributed by atoms with van der Waals surface area (Å²) in [5.41, 5.74) is 4.69. The second-order valence-electron chi connectivity index (χ2n) is 7.59. The van der Waals surface area contributed by atoms with Crippen LogP contribution in [0.3, 0.4) is 0 Å². The largest absolute Gasteiger partial charge is 0.487 e. The molecule has 2 aromatic heterocycles. The second kappa shape index (κ2) is 9.18. The Kier molecular flexibility index (Phi) is 6.27. The van der Waals surface area contributed by atoms with Crippen LogP contribution in [0.15, 0.2) is 58.3 Å². The number of imidazole rings is 1. The minimum absolute atomic E-state index is 0.000429. The number of fused-ring (bicyclic) bond motifs is 1. The molecular formula is C23H17ClF2N4O5. The van der Waals surface area contributed by atoms with Crippen molar-refractivity contribution in [2.45, 2.75) is 20.1 Å². The highest BCUT2D eigenvalue weighted by atomic mass is 35.5. The fourth-order valence-electron chi connectivity index (χ4n) is 3.62. The summed E-state index contributed by atoms with van der Waals surface area (Å²) in [4.78, 5) is 48.9. The third-order valence-corrected chi connectivity index (χ3v) is 5.61. The van der Waals surface area contributed by atoms with E-state index in [1.54, 1.807) is 6.07 Å². The minimum atomic E-state index is -1.06. The number of hydrogen-bond donors (Lipinski definition) is 1. The number of rotatable bonds is 5. The van der Waals surface area contributed by atoms with Crippen LogP contribution in [0, 0.1) is 11.6 Å². The molecule has 4 rings (SSSR count). The van der Waals surface area contributed by atoms with Gasteiger partial charge in [0.05, 0.1) is 17.6 Å². The zero-order valence-electron chi connectivity index (χ0n) is 18.1. The van der Waals surface area contributed by atoms with Gasteiger partial charge in [-0.15, -0.1) is 0 Å². The Morgan fingerprint density at radius 3 is 2.43 bits per heavy atom. The highest BCUT2D eigenvalue weighted by Crippen LogP contribution is 2.23. The Balaban J connectivity index is 1.63. The summed E-state index contributed by atoms with van der Waals surface area (Å²) >= 11 is 6.16. The van der Waals surface area contributed by atoms with Crippen LogP contribution < -0.4 is 21.7 Å². The van der Waals surface area contributed by atoms with E-state index in [9.17, 15) is 28.0 Å². The zero-order chi connectivity index (χ0) is 25.4. The van der Waals surface area contributed by atoms with Gasteiger partial charge in [0.2, 0.25) is 5.91 Å². The maximum Gasteiger partial charge on any atom is 0.344 e. The van der Waals surface area contributed by atoms with E-state index in [4.69, 9.17) is 22.1 Å². The SMILES string of the molecule is CC(=O)n1c(=O)n(C(N)=O)c2cc(Cn3ccc(OCc4ccc(F)cc4F)c(Cl)c3=O)ccc21. The summed E-state index contributed by atoms with van der Waals surface area (Å²) in [6.07, 6.45) is 1.40. The molecule has 35 heavy (non-hydrogen) atoms. The van der Waals surface area contributed by atoms with E-state index >= 15 is 0 Å². The smallest absolute Gasteiger partial charge is 0.344 e. The standard InChI is InChI=1S/C23H17ClF2N4O5/c1-12(31)29-17-5-2-13(8-18(17)30(22(27)33)23(29)34)10-28-7-6-19(20(24)21(28)32)35-11-14-3-4-15(25)9-16(14)26/h2-9H,10-11H2,1H3,(H2,27,33). The van der Waals surface area contributed by atoms with Gasteiger partial charge in [0.15, 0.2) is 0 Å². The van der Waals surface area contributed by atoms with Crippen LogP contribution in [0.1, 0.15) is 22.8 Å². The number of halogens is 3. The Bertz CT molecular complexity index is 1620. The van der Waals surface area contributed by atoms with Crippen LogP contribution in [0.25, 0.3) is 11.0 Å². The molecule has 2 aromatic carbocycles. The lowest BCUT2D eigenvalue weighted by Gasteiger charge is -2.12. The number of ether oxygens (including phenoxy) is 1. The highest BCUT2D eigenvalue weighted by Gasteiger charge is 2.19. The first-order valence-electron chi connectivity index (χ1n) is 10.1. The Hall–Kier alpha value is -4.25. The lowest BCUT2D eigenvalue weighted by Crippen LogP contribution is -2.34. The number of benzene rings is 2. The van der Waals surface area contributed by atoms with Gasteiger partial charge in [-0.3, -0.25) is 9.59 Å². The summed E-state index contributed by atoms with van der Waals surface area (Å²) < 4.78 is 35.0. The summed E-state index contributed by atoms with van der Waals surface area (Å²) in [5, 5.41) is -0.257. The van der Waals surface area contributed by atoms with Crippen molar-refractivity contribution < 1.29 is 23.1 Å². The van der Waals surface area contributed by atoms with Crippen molar-refractivity contribution in [3.63, 3.8) is 0 Å². The van der Waals surface area contributed by atoms with Crippen molar-refractivity contribution in [2.75, 3.05) is 0 Å². The van der Waals surface area contributed by atoms with Crippen molar-refractivity contribution in [3.05, 3.63) is 97.3 Å². The van der Waals surface area contributed by atoms with E-state index in [1.165, 1.54) is 42.0 Å². The van der Waals surface area contributed by atoms with Gasteiger partial charge in [-0.25, -0.2) is 27.5 Å². The van der Waals surface area contributed by atoms with Crippen LogP contribution in [0.4, 0.5) is 13.6 Å². The number of carbonyl (C=O) groups is 2. The average Bonchev–Trinajstić information content (AvgIpc) is 3.08. The molecule has 0 fully saturated rings. The van der Waals surface area contributed by atoms with Crippen LogP contribution in [-0.2, 0) is 13.2 Å². The summed E-state index contributed by atoms with van der Waals surface area (Å²) in [7, 11) is 0. The number of primary amides is 1. The highest BCUT2D eigenvalue weighted by molar-refractivity contribution is 6.31. The zero-order valence-corrected chi connectivity index (χ0v) is 18.9. The molecule has 0 atom stereocenters. The van der Waals surface area contributed by atoms with Gasteiger partial charge < -0.3 is 15.0 Å². The van der Waals surface area contributed by atoms with Crippen LogP contribution in [0.5, 0.6) is 5.75 Å². The fraction of sp³-hybridized carbons (Fsp3) is 0.130. The molecular weight excluding hydrogens is 486 g/mol. The van der Waals surface area contributed by atoms with E-state index in [-0.39, 0.29) is 40.5 Å². The molecule has 0 radical (unpaired) electrons. The predicted octanol–water partition coefficient (Wildman–Crippen LogP) is 3.11. The predicted molar refractivity (Wildman–Crippen MR) is 123 cm³/mol. The second-order valence-corrected chi connectivity index (χ2v) is 7.96. The number of pyridine rings is 1. The van der Waals surface area contributed by atoms with Gasteiger partial charge in [-0.2, -0.15) is 0 Å². The van der Waals surface area contributed by atoms with Crippen molar-refractivity contribution >= 4 is 34.6 Å². The molecule has 0 saturated carbocycles. The maximum absolute atomic E-state index is 13.8. The average molecular weight is 503 g/mol. The maximum atomic E-state index is 13.8. The third kappa shape index (κ3) is 4.45. The van der Waals surface area contributed by atoms with Crippen LogP contribution >= 0.6 is 11.6 Å². The summed E-state index contributed by atoms with van der Waals surface area (Å²) in [6.45, 7) is 0.902. The number of hydrogen-bond acceptors (Lipinski definition) is 5. The van der Waals surface area contributed by atoms with Crippen LogP contribution in [-0.4, -0.2) is 25.6 Å². The Morgan fingerprint density at radius 1 is 1.03 bits per heavy atom. The first-order valence-corrected chi connectivity index (χ1v) is 10.5. The molecule has 2 heterocycles. The minimum Gasteiger partial charge on any atom is -0.487 e. The number of amides is 1. The number of nitrogens with two attached hydrogens (primary N) is 1. The monoisotopic (exact) mass is 502 g/mol. The van der Waals surface area contributed by atoms with Crippen molar-refractivity contribution in [3.8, 4) is 5.75 Å². The molecule has 0 unspecified atom stereocenters. The normalized spacial score (nSPS) is 11.1. The molecule has 0 spiro atoms. The number of nitrogens with zero attached hydrogens (tertiary/aromatic N) is 3. The van der Waals surface area contributed by atoms with Gasteiger partial charge >= 0.3 is 11.7 Å². The molecule has 9 nitrogen and oxygen atoms in total. The van der Waals surface area contributed by atoms with Gasteiger partial charge in [0, 0.05) is 24.8 Å². The van der Waals surface area contributed by atoms with E-state index in [2.05, 4.69) is 0 Å².